The third kappa shape index (κ3) is 2.78. The average Bonchev–Trinajstić information content (AvgIpc) is 2.43. The van der Waals surface area contributed by atoms with Crippen LogP contribution in [-0.4, -0.2) is 5.91 Å². The molecule has 2 aromatic rings. The van der Waals surface area contributed by atoms with E-state index in [4.69, 9.17) is 5.26 Å². The first-order chi connectivity index (χ1) is 9.51. The van der Waals surface area contributed by atoms with E-state index in [9.17, 15) is 18.0 Å². The number of benzene rings is 2. The highest BCUT2D eigenvalue weighted by Crippen LogP contribution is 2.16. The van der Waals surface area contributed by atoms with Gasteiger partial charge in [0.05, 0.1) is 17.2 Å². The van der Waals surface area contributed by atoms with Crippen LogP contribution in [0.4, 0.5) is 18.9 Å². The molecule has 1 amide bonds. The Labute approximate surface area is 112 Å². The Morgan fingerprint density at radius 3 is 2.20 bits per heavy atom. The largest absolute Gasteiger partial charge is 0.322 e. The lowest BCUT2D eigenvalue weighted by Crippen LogP contribution is -2.14. The highest BCUT2D eigenvalue weighted by atomic mass is 19.2. The highest BCUT2D eigenvalue weighted by molar-refractivity contribution is 6.04. The van der Waals surface area contributed by atoms with Crippen LogP contribution >= 0.6 is 0 Å². The van der Waals surface area contributed by atoms with Gasteiger partial charge >= 0.3 is 0 Å². The summed E-state index contributed by atoms with van der Waals surface area (Å²) in [5, 5.41) is 10.9. The maximum atomic E-state index is 13.4. The van der Waals surface area contributed by atoms with Crippen molar-refractivity contribution in [2.45, 2.75) is 0 Å². The van der Waals surface area contributed by atoms with Gasteiger partial charge in [0.2, 0.25) is 0 Å². The number of hydrogen-bond donors (Lipinski definition) is 1. The number of anilines is 1. The zero-order chi connectivity index (χ0) is 14.7. The number of rotatable bonds is 2. The lowest BCUT2D eigenvalue weighted by Gasteiger charge is -2.06. The van der Waals surface area contributed by atoms with Crippen molar-refractivity contribution in [1.82, 2.24) is 0 Å². The number of hydrogen-bond acceptors (Lipinski definition) is 2. The summed E-state index contributed by atoms with van der Waals surface area (Å²) >= 11 is 0. The average molecular weight is 276 g/mol. The molecule has 2 aromatic carbocycles. The van der Waals surface area contributed by atoms with E-state index in [2.05, 4.69) is 5.32 Å². The van der Waals surface area contributed by atoms with Gasteiger partial charge in [-0.25, -0.2) is 13.2 Å². The van der Waals surface area contributed by atoms with Crippen molar-refractivity contribution in [1.29, 1.82) is 5.26 Å². The van der Waals surface area contributed by atoms with Gasteiger partial charge in [0.25, 0.3) is 5.91 Å². The van der Waals surface area contributed by atoms with Gasteiger partial charge < -0.3 is 5.32 Å². The Kier molecular flexibility index (Phi) is 3.71. The van der Waals surface area contributed by atoms with Gasteiger partial charge in [-0.15, -0.1) is 0 Å². The Morgan fingerprint density at radius 2 is 1.60 bits per heavy atom. The van der Waals surface area contributed by atoms with E-state index in [1.54, 1.807) is 0 Å². The van der Waals surface area contributed by atoms with E-state index in [0.717, 1.165) is 0 Å². The molecule has 0 atom stereocenters. The van der Waals surface area contributed by atoms with Crippen LogP contribution in [0, 0.1) is 28.8 Å². The second-order valence-electron chi connectivity index (χ2n) is 3.89. The van der Waals surface area contributed by atoms with Crippen LogP contribution in [0.1, 0.15) is 15.9 Å². The number of carbonyl (C=O) groups excluding carboxylic acids is 1. The van der Waals surface area contributed by atoms with Gasteiger partial charge in [-0.1, -0.05) is 0 Å². The summed E-state index contributed by atoms with van der Waals surface area (Å²) in [6.45, 7) is 0. The fourth-order valence-corrected chi connectivity index (χ4v) is 1.52. The van der Waals surface area contributed by atoms with Gasteiger partial charge in [0.15, 0.2) is 11.6 Å². The van der Waals surface area contributed by atoms with E-state index >= 15 is 0 Å². The topological polar surface area (TPSA) is 52.9 Å². The predicted octanol–water partition coefficient (Wildman–Crippen LogP) is 3.23. The normalized spacial score (nSPS) is 9.90. The third-order valence-corrected chi connectivity index (χ3v) is 2.53. The molecule has 1 N–H and O–H groups in total. The fraction of sp³-hybridized carbons (Fsp3) is 0. The van der Waals surface area contributed by atoms with Gasteiger partial charge in [-0.05, 0) is 30.3 Å². The SMILES string of the molecule is N#Cc1ccc(NC(=O)c2cc(F)c(F)cc2F)cc1. The molecular weight excluding hydrogens is 269 g/mol. The second-order valence-corrected chi connectivity index (χ2v) is 3.89. The molecule has 0 spiro atoms. The van der Waals surface area contributed by atoms with Crippen LogP contribution in [0.5, 0.6) is 0 Å². The van der Waals surface area contributed by atoms with Crippen LogP contribution in [0.15, 0.2) is 36.4 Å². The fourth-order valence-electron chi connectivity index (χ4n) is 1.52. The summed E-state index contributed by atoms with van der Waals surface area (Å²) in [5.74, 6) is -4.74. The van der Waals surface area contributed by atoms with Crippen molar-refractivity contribution in [2.75, 3.05) is 5.32 Å². The summed E-state index contributed by atoms with van der Waals surface area (Å²) in [6.07, 6.45) is 0. The van der Waals surface area contributed by atoms with Gasteiger partial charge in [-0.2, -0.15) is 5.26 Å². The molecule has 2 rings (SSSR count). The summed E-state index contributed by atoms with van der Waals surface area (Å²) in [6, 6.07) is 8.48. The van der Waals surface area contributed by atoms with E-state index in [-0.39, 0.29) is 0 Å². The standard InChI is InChI=1S/C14H7F3N2O/c15-11-6-13(17)12(16)5-10(11)14(20)19-9-3-1-8(7-18)2-4-9/h1-6H,(H,19,20). The molecule has 6 heteroatoms. The summed E-state index contributed by atoms with van der Waals surface area (Å²) in [4.78, 5) is 11.7. The van der Waals surface area contributed by atoms with Crippen molar-refractivity contribution < 1.29 is 18.0 Å². The Balaban J connectivity index is 2.24. The molecule has 100 valence electrons. The molecule has 0 unspecified atom stereocenters. The first kappa shape index (κ1) is 13.6. The molecule has 0 aliphatic heterocycles. The number of amides is 1. The monoisotopic (exact) mass is 276 g/mol. The van der Waals surface area contributed by atoms with Crippen LogP contribution in [0.3, 0.4) is 0 Å². The highest BCUT2D eigenvalue weighted by Gasteiger charge is 2.16. The molecule has 0 fully saturated rings. The van der Waals surface area contributed by atoms with Crippen molar-refractivity contribution in [3.05, 3.63) is 65.0 Å². The molecule has 0 saturated heterocycles. The van der Waals surface area contributed by atoms with Crippen molar-refractivity contribution in [3.63, 3.8) is 0 Å². The van der Waals surface area contributed by atoms with Gasteiger partial charge in [0, 0.05) is 11.8 Å². The first-order valence-electron chi connectivity index (χ1n) is 5.47. The van der Waals surface area contributed by atoms with E-state index in [0.29, 0.717) is 23.4 Å². The Hall–Kier alpha value is -2.81. The molecule has 0 radical (unpaired) electrons. The van der Waals surface area contributed by atoms with Crippen LogP contribution in [-0.2, 0) is 0 Å². The Morgan fingerprint density at radius 1 is 1.00 bits per heavy atom. The zero-order valence-electron chi connectivity index (χ0n) is 9.95. The summed E-state index contributed by atoms with van der Waals surface area (Å²) < 4.78 is 39.1. The number of nitriles is 1. The molecule has 0 aromatic heterocycles. The molecule has 3 nitrogen and oxygen atoms in total. The minimum atomic E-state index is -1.36. The van der Waals surface area contributed by atoms with Crippen LogP contribution < -0.4 is 5.32 Å². The van der Waals surface area contributed by atoms with Crippen LogP contribution in [0.25, 0.3) is 0 Å². The third-order valence-electron chi connectivity index (χ3n) is 2.53. The molecule has 20 heavy (non-hydrogen) atoms. The predicted molar refractivity (Wildman–Crippen MR) is 65.4 cm³/mol. The van der Waals surface area contributed by atoms with Crippen molar-refractivity contribution in [3.8, 4) is 6.07 Å². The lowest BCUT2D eigenvalue weighted by atomic mass is 10.1. The molecule has 0 heterocycles. The van der Waals surface area contributed by atoms with Crippen LogP contribution in [0.2, 0.25) is 0 Å². The number of carbonyl (C=O) groups is 1. The molecule has 0 bridgehead atoms. The van der Waals surface area contributed by atoms with E-state index < -0.39 is 28.9 Å². The van der Waals surface area contributed by atoms with Gasteiger partial charge in [-0.3, -0.25) is 4.79 Å². The number of nitrogens with one attached hydrogen (secondary N) is 1. The minimum absolute atomic E-state index is 0.304. The smallest absolute Gasteiger partial charge is 0.258 e. The lowest BCUT2D eigenvalue weighted by molar-refractivity contribution is 0.102. The van der Waals surface area contributed by atoms with Crippen molar-refractivity contribution >= 4 is 11.6 Å². The molecular formula is C14H7F3N2O. The maximum absolute atomic E-state index is 13.4. The molecule has 0 aliphatic carbocycles. The summed E-state index contributed by atoms with van der Waals surface area (Å²) in [5.41, 5.74) is 0.0911. The second kappa shape index (κ2) is 5.45. The first-order valence-corrected chi connectivity index (χ1v) is 5.47. The Bertz CT molecular complexity index is 706. The van der Waals surface area contributed by atoms with E-state index in [1.807, 2.05) is 6.07 Å². The number of nitrogens with zero attached hydrogens (tertiary/aromatic N) is 1. The van der Waals surface area contributed by atoms with Crippen molar-refractivity contribution in [2.24, 2.45) is 0 Å². The number of halogens is 3. The van der Waals surface area contributed by atoms with Gasteiger partial charge in [0.1, 0.15) is 5.82 Å². The molecule has 0 saturated carbocycles. The maximum Gasteiger partial charge on any atom is 0.258 e. The minimum Gasteiger partial charge on any atom is -0.322 e. The zero-order valence-corrected chi connectivity index (χ0v) is 9.95. The molecule has 0 aliphatic rings. The summed E-state index contributed by atoms with van der Waals surface area (Å²) in [7, 11) is 0. The van der Waals surface area contributed by atoms with E-state index in [1.165, 1.54) is 24.3 Å². The quantitative estimate of drug-likeness (QED) is 0.856.